The van der Waals surface area contributed by atoms with Crippen molar-refractivity contribution in [2.24, 2.45) is 0 Å². The Morgan fingerprint density at radius 2 is 2.29 bits per heavy atom. The fraction of sp³-hybridized carbons (Fsp3) is 0.333. The Morgan fingerprint density at radius 3 is 3.17 bits per heavy atom. The lowest BCUT2D eigenvalue weighted by Crippen LogP contribution is -2.26. The van der Waals surface area contributed by atoms with Crippen molar-refractivity contribution in [3.8, 4) is 17.2 Å². The van der Waals surface area contributed by atoms with Crippen molar-refractivity contribution in [1.29, 1.82) is 0 Å². The first-order valence-corrected chi connectivity index (χ1v) is 8.26. The van der Waals surface area contributed by atoms with Gasteiger partial charge >= 0.3 is 0 Å². The average Bonchev–Trinajstić information content (AvgIpc) is 3.24. The largest absolute Gasteiger partial charge is 0.491 e. The highest BCUT2D eigenvalue weighted by Crippen LogP contribution is 2.35. The molecule has 2 aromatic heterocycles. The molecule has 1 atom stereocenters. The number of rotatable bonds is 6. The molecule has 1 unspecified atom stereocenters. The van der Waals surface area contributed by atoms with E-state index in [-0.39, 0.29) is 13.4 Å². The average molecular weight is 348 g/mol. The first-order chi connectivity index (χ1) is 11.7. The van der Waals surface area contributed by atoms with Crippen LogP contribution in [-0.2, 0) is 0 Å². The van der Waals surface area contributed by atoms with Crippen LogP contribution in [-0.4, -0.2) is 45.8 Å². The first-order valence-electron chi connectivity index (χ1n) is 7.44. The molecule has 0 bridgehead atoms. The van der Waals surface area contributed by atoms with Crippen molar-refractivity contribution in [3.05, 3.63) is 30.1 Å². The standard InChI is InChI=1S/C15H16N4O4S/c1-9-6-19-15(17-9)24-14(18-19)16-5-10(20)7-21-11-2-3-12-13(4-11)23-8-22-12/h2-4,6,10,20H,5,7-8H2,1H3,(H,16,18). The number of nitrogens with one attached hydrogen (secondary N) is 1. The minimum Gasteiger partial charge on any atom is -0.491 e. The second kappa shape index (κ2) is 6.17. The van der Waals surface area contributed by atoms with Crippen molar-refractivity contribution >= 4 is 21.4 Å². The van der Waals surface area contributed by atoms with Gasteiger partial charge in [-0.15, -0.1) is 5.10 Å². The number of benzene rings is 1. The van der Waals surface area contributed by atoms with E-state index in [9.17, 15) is 5.11 Å². The van der Waals surface area contributed by atoms with Crippen LogP contribution in [0.1, 0.15) is 5.69 Å². The molecule has 9 heteroatoms. The summed E-state index contributed by atoms with van der Waals surface area (Å²) in [6, 6.07) is 5.32. The Bertz CT molecular complexity index is 831. The summed E-state index contributed by atoms with van der Waals surface area (Å²) in [4.78, 5) is 5.16. The molecule has 1 aromatic carbocycles. The third-order valence-electron chi connectivity index (χ3n) is 3.44. The van der Waals surface area contributed by atoms with E-state index in [1.54, 1.807) is 22.7 Å². The molecule has 0 spiro atoms. The topological polar surface area (TPSA) is 90.1 Å². The molecular formula is C15H16N4O4S. The molecule has 0 saturated heterocycles. The van der Waals surface area contributed by atoms with Gasteiger partial charge in [0, 0.05) is 12.6 Å². The quantitative estimate of drug-likeness (QED) is 0.700. The van der Waals surface area contributed by atoms with Crippen LogP contribution in [0.4, 0.5) is 5.13 Å². The van der Waals surface area contributed by atoms with Crippen LogP contribution in [0.3, 0.4) is 0 Å². The van der Waals surface area contributed by atoms with Crippen LogP contribution in [0.25, 0.3) is 4.96 Å². The normalized spacial score (nSPS) is 14.1. The highest BCUT2D eigenvalue weighted by atomic mass is 32.1. The number of fused-ring (bicyclic) bond motifs is 2. The molecule has 4 rings (SSSR count). The number of hydrogen-bond acceptors (Lipinski definition) is 8. The second-order valence-corrected chi connectivity index (χ2v) is 6.33. The van der Waals surface area contributed by atoms with Gasteiger partial charge in [0.25, 0.3) is 0 Å². The van der Waals surface area contributed by atoms with E-state index in [0.717, 1.165) is 10.7 Å². The van der Waals surface area contributed by atoms with Crippen LogP contribution in [0.2, 0.25) is 0 Å². The molecule has 3 aromatic rings. The number of nitrogens with zero attached hydrogens (tertiary/aromatic N) is 3. The summed E-state index contributed by atoms with van der Waals surface area (Å²) >= 11 is 1.44. The highest BCUT2D eigenvalue weighted by molar-refractivity contribution is 7.20. The SMILES string of the molecule is Cc1cn2nc(NCC(O)COc3ccc4c(c3)OCO4)sc2n1. The summed E-state index contributed by atoms with van der Waals surface area (Å²) in [7, 11) is 0. The van der Waals surface area contributed by atoms with Gasteiger partial charge in [-0.1, -0.05) is 11.3 Å². The zero-order chi connectivity index (χ0) is 16.5. The van der Waals surface area contributed by atoms with E-state index in [1.807, 2.05) is 13.1 Å². The Hall–Kier alpha value is -2.52. The lowest BCUT2D eigenvalue weighted by Gasteiger charge is -2.12. The molecule has 2 N–H and O–H groups in total. The smallest absolute Gasteiger partial charge is 0.231 e. The third kappa shape index (κ3) is 3.08. The lowest BCUT2D eigenvalue weighted by molar-refractivity contribution is 0.117. The molecule has 8 nitrogen and oxygen atoms in total. The van der Waals surface area contributed by atoms with Gasteiger partial charge in [0.2, 0.25) is 16.9 Å². The summed E-state index contributed by atoms with van der Waals surface area (Å²) < 4.78 is 17.8. The summed E-state index contributed by atoms with van der Waals surface area (Å²) in [5.41, 5.74) is 0.928. The molecule has 126 valence electrons. The number of imidazole rings is 1. The van der Waals surface area contributed by atoms with Gasteiger partial charge in [-0.3, -0.25) is 0 Å². The zero-order valence-electron chi connectivity index (χ0n) is 12.9. The van der Waals surface area contributed by atoms with E-state index >= 15 is 0 Å². The molecule has 0 aliphatic carbocycles. The number of hydrogen-bond donors (Lipinski definition) is 2. The zero-order valence-corrected chi connectivity index (χ0v) is 13.7. The Kier molecular flexibility index (Phi) is 3.87. The molecule has 3 heterocycles. The van der Waals surface area contributed by atoms with Crippen molar-refractivity contribution in [2.75, 3.05) is 25.3 Å². The molecule has 24 heavy (non-hydrogen) atoms. The van der Waals surface area contributed by atoms with Crippen LogP contribution < -0.4 is 19.5 Å². The van der Waals surface area contributed by atoms with E-state index in [0.29, 0.717) is 28.9 Å². The Morgan fingerprint density at radius 1 is 1.42 bits per heavy atom. The molecule has 0 fully saturated rings. The molecule has 1 aliphatic rings. The van der Waals surface area contributed by atoms with Gasteiger partial charge < -0.3 is 24.6 Å². The van der Waals surface area contributed by atoms with Crippen molar-refractivity contribution in [1.82, 2.24) is 14.6 Å². The monoisotopic (exact) mass is 348 g/mol. The summed E-state index contributed by atoms with van der Waals surface area (Å²) in [5, 5.41) is 18.2. The van der Waals surface area contributed by atoms with Crippen molar-refractivity contribution in [2.45, 2.75) is 13.0 Å². The molecule has 0 amide bonds. The summed E-state index contributed by atoms with van der Waals surface area (Å²) in [6.07, 6.45) is 1.18. The minimum absolute atomic E-state index is 0.161. The third-order valence-corrected chi connectivity index (χ3v) is 4.32. The number of ether oxygens (including phenoxy) is 3. The maximum absolute atomic E-state index is 10.0. The Labute approximate surface area is 141 Å². The van der Waals surface area contributed by atoms with E-state index in [1.165, 1.54) is 11.3 Å². The number of aromatic nitrogens is 3. The predicted molar refractivity (Wildman–Crippen MR) is 88.2 cm³/mol. The predicted octanol–water partition coefficient (Wildman–Crippen LogP) is 1.68. The van der Waals surface area contributed by atoms with Crippen LogP contribution >= 0.6 is 11.3 Å². The lowest BCUT2D eigenvalue weighted by atomic mass is 10.3. The van der Waals surface area contributed by atoms with Crippen LogP contribution in [0.15, 0.2) is 24.4 Å². The van der Waals surface area contributed by atoms with E-state index < -0.39 is 6.10 Å². The van der Waals surface area contributed by atoms with Gasteiger partial charge in [-0.05, 0) is 19.1 Å². The fourth-order valence-electron chi connectivity index (χ4n) is 2.30. The number of aliphatic hydroxyl groups excluding tert-OH is 1. The van der Waals surface area contributed by atoms with Crippen LogP contribution in [0.5, 0.6) is 17.2 Å². The van der Waals surface area contributed by atoms with Gasteiger partial charge in [-0.2, -0.15) is 0 Å². The number of aliphatic hydroxyl groups is 1. The second-order valence-electron chi connectivity index (χ2n) is 5.38. The molecule has 0 saturated carbocycles. The maximum atomic E-state index is 10.0. The molecule has 1 aliphatic heterocycles. The van der Waals surface area contributed by atoms with E-state index in [2.05, 4.69) is 15.4 Å². The maximum Gasteiger partial charge on any atom is 0.231 e. The highest BCUT2D eigenvalue weighted by Gasteiger charge is 2.14. The van der Waals surface area contributed by atoms with E-state index in [4.69, 9.17) is 14.2 Å². The van der Waals surface area contributed by atoms with Gasteiger partial charge in [0.15, 0.2) is 11.5 Å². The summed E-state index contributed by atoms with van der Waals surface area (Å²) in [5.74, 6) is 1.98. The Balaban J connectivity index is 1.28. The van der Waals surface area contributed by atoms with Gasteiger partial charge in [-0.25, -0.2) is 9.50 Å². The summed E-state index contributed by atoms with van der Waals surface area (Å²) in [6.45, 7) is 2.64. The van der Waals surface area contributed by atoms with Crippen molar-refractivity contribution < 1.29 is 19.3 Å². The minimum atomic E-state index is -0.673. The number of anilines is 1. The van der Waals surface area contributed by atoms with Gasteiger partial charge in [0.1, 0.15) is 18.5 Å². The van der Waals surface area contributed by atoms with Gasteiger partial charge in [0.05, 0.1) is 11.9 Å². The molecule has 0 radical (unpaired) electrons. The first kappa shape index (κ1) is 15.0. The van der Waals surface area contributed by atoms with Crippen molar-refractivity contribution in [3.63, 3.8) is 0 Å². The fourth-order valence-corrected chi connectivity index (χ4v) is 3.14. The number of aryl methyl sites for hydroxylation is 1. The molecular weight excluding hydrogens is 332 g/mol. The van der Waals surface area contributed by atoms with Crippen LogP contribution in [0, 0.1) is 6.92 Å².